The fourth-order valence-corrected chi connectivity index (χ4v) is 2.35. The van der Waals surface area contributed by atoms with Crippen molar-refractivity contribution in [2.75, 3.05) is 0 Å². The fourth-order valence-electron chi connectivity index (χ4n) is 2.35. The van der Waals surface area contributed by atoms with Crippen LogP contribution in [0.4, 0.5) is 0 Å². The van der Waals surface area contributed by atoms with Crippen LogP contribution >= 0.6 is 0 Å². The Morgan fingerprint density at radius 3 is 2.96 bits per heavy atom. The molecule has 3 aromatic rings. The maximum Gasteiger partial charge on any atom is 0.251 e. The van der Waals surface area contributed by atoms with E-state index in [1.165, 1.54) is 0 Å². The van der Waals surface area contributed by atoms with E-state index in [1.54, 1.807) is 12.1 Å². The summed E-state index contributed by atoms with van der Waals surface area (Å²) in [6.45, 7) is 4.39. The van der Waals surface area contributed by atoms with Gasteiger partial charge in [0.25, 0.3) is 5.91 Å². The number of imidazole rings is 1. The van der Waals surface area contributed by atoms with Gasteiger partial charge in [-0.15, -0.1) is 0 Å². The van der Waals surface area contributed by atoms with Gasteiger partial charge in [-0.05, 0) is 43.7 Å². The molecule has 1 atom stereocenters. The Bertz CT molecular complexity index is 808. The number of nitrogens with zero attached hydrogens (tertiary/aromatic N) is 2. The molecule has 2 aromatic heterocycles. The molecule has 3 rings (SSSR count). The van der Waals surface area contributed by atoms with Crippen molar-refractivity contribution in [3.63, 3.8) is 0 Å². The van der Waals surface area contributed by atoms with Gasteiger partial charge in [-0.25, -0.2) is 4.98 Å². The second kappa shape index (κ2) is 7.17. The zero-order chi connectivity index (χ0) is 16.9. The number of ether oxygens (including phenoxy) is 1. The zero-order valence-electron chi connectivity index (χ0n) is 13.9. The van der Waals surface area contributed by atoms with E-state index in [1.807, 2.05) is 61.0 Å². The molecule has 1 N–H and O–H groups in total. The van der Waals surface area contributed by atoms with Gasteiger partial charge in [-0.3, -0.25) is 4.79 Å². The highest BCUT2D eigenvalue weighted by Crippen LogP contribution is 2.16. The van der Waals surface area contributed by atoms with Gasteiger partial charge >= 0.3 is 0 Å². The first-order chi connectivity index (χ1) is 11.7. The van der Waals surface area contributed by atoms with Crippen molar-refractivity contribution in [3.8, 4) is 5.75 Å². The number of carbonyl (C=O) groups is 1. The molecule has 0 radical (unpaired) electrons. The number of fused-ring (bicyclic) bond motifs is 1. The predicted molar refractivity (Wildman–Crippen MR) is 93.2 cm³/mol. The van der Waals surface area contributed by atoms with Crippen LogP contribution in [0.2, 0.25) is 0 Å². The van der Waals surface area contributed by atoms with Crippen LogP contribution in [0, 0.1) is 0 Å². The molecule has 5 nitrogen and oxygen atoms in total. The summed E-state index contributed by atoms with van der Waals surface area (Å²) in [5.41, 5.74) is 2.33. The number of benzene rings is 1. The number of nitrogens with one attached hydrogen (secondary N) is 1. The van der Waals surface area contributed by atoms with Gasteiger partial charge < -0.3 is 14.5 Å². The molecule has 124 valence electrons. The Hall–Kier alpha value is -2.82. The van der Waals surface area contributed by atoms with Crippen LogP contribution in [0.5, 0.6) is 5.75 Å². The Kier molecular flexibility index (Phi) is 4.79. The van der Waals surface area contributed by atoms with Gasteiger partial charge in [0.1, 0.15) is 18.0 Å². The van der Waals surface area contributed by atoms with Crippen molar-refractivity contribution < 1.29 is 9.53 Å². The van der Waals surface area contributed by atoms with Crippen LogP contribution in [0.3, 0.4) is 0 Å². The minimum absolute atomic E-state index is 0.0810. The highest BCUT2D eigenvalue weighted by molar-refractivity contribution is 5.94. The molecule has 0 aliphatic carbocycles. The lowest BCUT2D eigenvalue weighted by molar-refractivity contribution is 0.0939. The summed E-state index contributed by atoms with van der Waals surface area (Å²) in [5.74, 6) is 0.575. The molecular weight excluding hydrogens is 302 g/mol. The first-order valence-electron chi connectivity index (χ1n) is 8.12. The molecular formula is C19H21N3O2. The van der Waals surface area contributed by atoms with Gasteiger partial charge in [0, 0.05) is 24.0 Å². The van der Waals surface area contributed by atoms with Crippen LogP contribution in [0.25, 0.3) is 5.65 Å². The summed E-state index contributed by atoms with van der Waals surface area (Å²) in [4.78, 5) is 16.7. The van der Waals surface area contributed by atoms with Crippen molar-refractivity contribution in [2.45, 2.75) is 32.9 Å². The van der Waals surface area contributed by atoms with Gasteiger partial charge in [-0.1, -0.05) is 19.1 Å². The van der Waals surface area contributed by atoms with Gasteiger partial charge in [0.2, 0.25) is 0 Å². The maximum atomic E-state index is 12.2. The van der Waals surface area contributed by atoms with Gasteiger partial charge in [0.05, 0.1) is 5.69 Å². The number of hydrogen-bond donors (Lipinski definition) is 1. The standard InChI is InChI=1S/C19H21N3O2/c1-3-14(2)20-19(23)15-7-6-8-17(11-15)24-13-16-12-22-10-5-4-9-18(22)21-16/h4-12,14H,3,13H2,1-2H3,(H,20,23). The summed E-state index contributed by atoms with van der Waals surface area (Å²) < 4.78 is 7.74. The van der Waals surface area contributed by atoms with Crippen LogP contribution in [0.15, 0.2) is 54.9 Å². The molecule has 5 heteroatoms. The number of amides is 1. The van der Waals surface area contributed by atoms with Crippen molar-refractivity contribution in [2.24, 2.45) is 0 Å². The quantitative estimate of drug-likeness (QED) is 0.756. The summed E-state index contributed by atoms with van der Waals surface area (Å²) >= 11 is 0. The third-order valence-electron chi connectivity index (χ3n) is 3.89. The zero-order valence-corrected chi connectivity index (χ0v) is 13.9. The molecule has 24 heavy (non-hydrogen) atoms. The highest BCUT2D eigenvalue weighted by atomic mass is 16.5. The third kappa shape index (κ3) is 3.74. The first-order valence-corrected chi connectivity index (χ1v) is 8.12. The summed E-state index contributed by atoms with van der Waals surface area (Å²) in [7, 11) is 0. The van der Waals surface area contributed by atoms with E-state index in [-0.39, 0.29) is 11.9 Å². The number of hydrogen-bond acceptors (Lipinski definition) is 3. The molecule has 0 bridgehead atoms. The number of aromatic nitrogens is 2. The van der Waals surface area contributed by atoms with E-state index >= 15 is 0 Å². The fraction of sp³-hybridized carbons (Fsp3) is 0.263. The van der Waals surface area contributed by atoms with E-state index in [4.69, 9.17) is 4.74 Å². The monoisotopic (exact) mass is 323 g/mol. The second-order valence-corrected chi connectivity index (χ2v) is 5.80. The van der Waals surface area contributed by atoms with E-state index < -0.39 is 0 Å². The number of rotatable bonds is 6. The normalized spacial score (nSPS) is 12.1. The number of pyridine rings is 1. The lowest BCUT2D eigenvalue weighted by atomic mass is 10.2. The van der Waals surface area contributed by atoms with Gasteiger partial charge in [-0.2, -0.15) is 0 Å². The second-order valence-electron chi connectivity index (χ2n) is 5.80. The molecule has 0 aliphatic rings. The van der Waals surface area contributed by atoms with Crippen LogP contribution < -0.4 is 10.1 Å². The molecule has 1 unspecified atom stereocenters. The lowest BCUT2D eigenvalue weighted by Crippen LogP contribution is -2.31. The largest absolute Gasteiger partial charge is 0.487 e. The lowest BCUT2D eigenvalue weighted by Gasteiger charge is -2.12. The maximum absolute atomic E-state index is 12.2. The molecule has 0 saturated heterocycles. The number of carbonyl (C=O) groups excluding carboxylic acids is 1. The molecule has 0 spiro atoms. The van der Waals surface area contributed by atoms with Gasteiger partial charge in [0.15, 0.2) is 0 Å². The van der Waals surface area contributed by atoms with E-state index in [9.17, 15) is 4.79 Å². The van der Waals surface area contributed by atoms with Crippen molar-refractivity contribution in [3.05, 3.63) is 66.1 Å². The molecule has 0 saturated carbocycles. The van der Waals surface area contributed by atoms with Crippen molar-refractivity contribution in [1.29, 1.82) is 0 Å². The van der Waals surface area contributed by atoms with E-state index in [0.29, 0.717) is 17.9 Å². The average molecular weight is 323 g/mol. The van der Waals surface area contributed by atoms with E-state index in [2.05, 4.69) is 10.3 Å². The van der Waals surface area contributed by atoms with Crippen LogP contribution in [-0.2, 0) is 6.61 Å². The summed E-state index contributed by atoms with van der Waals surface area (Å²) in [5, 5.41) is 2.95. The molecule has 0 fully saturated rings. The van der Waals surface area contributed by atoms with E-state index in [0.717, 1.165) is 17.8 Å². The van der Waals surface area contributed by atoms with Crippen molar-refractivity contribution >= 4 is 11.6 Å². The van der Waals surface area contributed by atoms with Crippen LogP contribution in [-0.4, -0.2) is 21.3 Å². The molecule has 1 aromatic carbocycles. The highest BCUT2D eigenvalue weighted by Gasteiger charge is 2.09. The first kappa shape index (κ1) is 16.1. The smallest absolute Gasteiger partial charge is 0.251 e. The molecule has 2 heterocycles. The Balaban J connectivity index is 1.67. The Labute approximate surface area is 141 Å². The Morgan fingerprint density at radius 1 is 1.29 bits per heavy atom. The average Bonchev–Trinajstić information content (AvgIpc) is 3.03. The predicted octanol–water partition coefficient (Wildman–Crippen LogP) is 3.44. The third-order valence-corrected chi connectivity index (χ3v) is 3.89. The Morgan fingerprint density at radius 2 is 2.17 bits per heavy atom. The molecule has 1 amide bonds. The van der Waals surface area contributed by atoms with Crippen molar-refractivity contribution in [1.82, 2.24) is 14.7 Å². The van der Waals surface area contributed by atoms with Crippen LogP contribution in [0.1, 0.15) is 36.3 Å². The minimum atomic E-state index is -0.0810. The summed E-state index contributed by atoms with van der Waals surface area (Å²) in [6.07, 6.45) is 4.79. The topological polar surface area (TPSA) is 55.6 Å². The SMILES string of the molecule is CCC(C)NC(=O)c1cccc(OCc2cn3ccccc3n2)c1. The minimum Gasteiger partial charge on any atom is -0.487 e. The summed E-state index contributed by atoms with van der Waals surface area (Å²) in [6, 6.07) is 13.2. The molecule has 0 aliphatic heterocycles.